The molecule has 0 radical (unpaired) electrons. The van der Waals surface area contributed by atoms with Crippen LogP contribution in [0.5, 0.6) is 0 Å². The van der Waals surface area contributed by atoms with Crippen LogP contribution in [0.15, 0.2) is 47.5 Å². The molecule has 2 atom stereocenters. The summed E-state index contributed by atoms with van der Waals surface area (Å²) in [7, 11) is -6.79. The Hall–Kier alpha value is -2.43. The molecule has 2 aromatic carbocycles. The predicted molar refractivity (Wildman–Crippen MR) is 119 cm³/mol. The van der Waals surface area contributed by atoms with Crippen LogP contribution in [0.25, 0.3) is 21.9 Å². The van der Waals surface area contributed by atoms with E-state index >= 15 is 0 Å². The molecule has 5 rings (SSSR count). The van der Waals surface area contributed by atoms with E-state index in [0.717, 1.165) is 11.8 Å². The molecule has 162 valence electrons. The van der Waals surface area contributed by atoms with Gasteiger partial charge < -0.3 is 4.98 Å². The molecule has 8 nitrogen and oxygen atoms in total. The number of nitrogens with zero attached hydrogens (tertiary/aromatic N) is 3. The van der Waals surface area contributed by atoms with Gasteiger partial charge in [-0.1, -0.05) is 23.7 Å². The average Bonchev–Trinajstić information content (AvgIpc) is 3.37. The summed E-state index contributed by atoms with van der Waals surface area (Å²) < 4.78 is 51.0. The number of aromatic nitrogens is 4. The summed E-state index contributed by atoms with van der Waals surface area (Å²) in [5, 5.41) is 5.46. The molecule has 2 unspecified atom stereocenters. The van der Waals surface area contributed by atoms with Gasteiger partial charge in [-0.2, -0.15) is 5.10 Å². The normalized spacial score (nSPS) is 19.9. The van der Waals surface area contributed by atoms with E-state index in [1.165, 1.54) is 0 Å². The minimum absolute atomic E-state index is 0.0160. The number of halogens is 1. The van der Waals surface area contributed by atoms with Crippen LogP contribution in [0.2, 0.25) is 5.02 Å². The number of hydrogen-bond acceptors (Lipinski definition) is 6. The summed E-state index contributed by atoms with van der Waals surface area (Å²) in [5.41, 5.74) is 2.01. The van der Waals surface area contributed by atoms with Gasteiger partial charge in [-0.05, 0) is 36.8 Å². The van der Waals surface area contributed by atoms with E-state index in [9.17, 15) is 16.8 Å². The molecule has 0 aliphatic carbocycles. The van der Waals surface area contributed by atoms with Crippen molar-refractivity contribution in [1.82, 2.24) is 19.7 Å². The zero-order valence-electron chi connectivity index (χ0n) is 16.5. The summed E-state index contributed by atoms with van der Waals surface area (Å²) in [6, 6.07) is 11.7. The van der Waals surface area contributed by atoms with E-state index < -0.39 is 25.7 Å². The van der Waals surface area contributed by atoms with E-state index in [1.54, 1.807) is 47.1 Å². The molecule has 0 spiro atoms. The maximum Gasteiger partial charge on any atom is 0.195 e. The van der Waals surface area contributed by atoms with Gasteiger partial charge in [-0.25, -0.2) is 21.8 Å². The van der Waals surface area contributed by atoms with Crippen molar-refractivity contribution in [3.8, 4) is 0 Å². The number of nitrogens with one attached hydrogen (secondary N) is 1. The van der Waals surface area contributed by atoms with Crippen LogP contribution in [-0.2, 0) is 19.7 Å². The fraction of sp³-hybridized carbons (Fsp3) is 0.300. The monoisotopic (exact) mass is 478 g/mol. The maximum atomic E-state index is 12.4. The Bertz CT molecular complexity index is 1540. The van der Waals surface area contributed by atoms with E-state index in [1.807, 2.05) is 0 Å². The van der Waals surface area contributed by atoms with Gasteiger partial charge in [-0.3, -0.25) is 4.68 Å². The first-order valence-corrected chi connectivity index (χ1v) is 13.7. The Morgan fingerprint density at radius 1 is 1.23 bits per heavy atom. The third kappa shape index (κ3) is 3.62. The first-order chi connectivity index (χ1) is 14.6. The number of hydrogen-bond donors (Lipinski definition) is 1. The summed E-state index contributed by atoms with van der Waals surface area (Å²) in [4.78, 5) is 7.94. The highest BCUT2D eigenvalue weighted by Crippen LogP contribution is 2.37. The van der Waals surface area contributed by atoms with E-state index in [4.69, 9.17) is 11.6 Å². The number of rotatable bonds is 4. The second kappa shape index (κ2) is 7.04. The van der Waals surface area contributed by atoms with Crippen LogP contribution in [0.3, 0.4) is 0 Å². The summed E-state index contributed by atoms with van der Waals surface area (Å²) in [6.45, 7) is 0. The van der Waals surface area contributed by atoms with Crippen LogP contribution in [0.4, 0.5) is 0 Å². The van der Waals surface area contributed by atoms with Crippen LogP contribution < -0.4 is 0 Å². The lowest BCUT2D eigenvalue weighted by atomic mass is 9.98. The third-order valence-electron chi connectivity index (χ3n) is 5.65. The number of aromatic amines is 1. The lowest BCUT2D eigenvalue weighted by molar-refractivity contribution is 0.374. The highest BCUT2D eigenvalue weighted by Gasteiger charge is 2.39. The number of para-hydroxylation sites is 1. The minimum Gasteiger partial charge on any atom is -0.340 e. The molecule has 3 heterocycles. The van der Waals surface area contributed by atoms with Crippen LogP contribution in [0, 0.1) is 5.92 Å². The molecule has 1 fully saturated rings. The van der Waals surface area contributed by atoms with Gasteiger partial charge in [0.15, 0.2) is 24.7 Å². The Balaban J connectivity index is 1.77. The molecule has 1 aliphatic heterocycles. The molecular weight excluding hydrogens is 460 g/mol. The zero-order chi connectivity index (χ0) is 22.0. The lowest BCUT2D eigenvalue weighted by Crippen LogP contribution is -2.24. The third-order valence-corrected chi connectivity index (χ3v) is 8.69. The van der Waals surface area contributed by atoms with Gasteiger partial charge in [0.05, 0.1) is 28.1 Å². The molecule has 31 heavy (non-hydrogen) atoms. The first-order valence-electron chi connectivity index (χ1n) is 9.65. The number of benzene rings is 2. The maximum absolute atomic E-state index is 12.4. The quantitative estimate of drug-likeness (QED) is 0.482. The number of sulfone groups is 2. The van der Waals surface area contributed by atoms with Crippen molar-refractivity contribution < 1.29 is 16.8 Å². The van der Waals surface area contributed by atoms with Crippen LogP contribution in [0.1, 0.15) is 18.3 Å². The number of fused-ring (bicyclic) bond motifs is 2. The highest BCUT2D eigenvalue weighted by atomic mass is 35.5. The molecule has 1 saturated heterocycles. The smallest absolute Gasteiger partial charge is 0.195 e. The molecule has 0 amide bonds. The molecule has 1 aliphatic rings. The first kappa shape index (κ1) is 20.5. The molecule has 1 N–H and O–H groups in total. The highest BCUT2D eigenvalue weighted by molar-refractivity contribution is 7.91. The van der Waals surface area contributed by atoms with Gasteiger partial charge >= 0.3 is 0 Å². The van der Waals surface area contributed by atoms with Crippen LogP contribution >= 0.6 is 11.6 Å². The molecule has 2 aromatic heterocycles. The van der Waals surface area contributed by atoms with Crippen molar-refractivity contribution in [3.63, 3.8) is 0 Å². The zero-order valence-corrected chi connectivity index (χ0v) is 18.9. The van der Waals surface area contributed by atoms with E-state index in [-0.39, 0.29) is 22.4 Å². The van der Waals surface area contributed by atoms with Crippen molar-refractivity contribution in [2.45, 2.75) is 17.5 Å². The lowest BCUT2D eigenvalue weighted by Gasteiger charge is -2.22. The minimum atomic E-state index is -3.60. The van der Waals surface area contributed by atoms with Gasteiger partial charge in [-0.15, -0.1) is 0 Å². The van der Waals surface area contributed by atoms with Gasteiger partial charge in [0.1, 0.15) is 11.9 Å². The average molecular weight is 479 g/mol. The van der Waals surface area contributed by atoms with E-state index in [0.29, 0.717) is 33.7 Å². The van der Waals surface area contributed by atoms with Crippen molar-refractivity contribution in [2.24, 2.45) is 5.92 Å². The Morgan fingerprint density at radius 2 is 2.00 bits per heavy atom. The molecule has 4 aromatic rings. The van der Waals surface area contributed by atoms with Crippen molar-refractivity contribution >= 4 is 53.2 Å². The summed E-state index contributed by atoms with van der Waals surface area (Å²) in [5.74, 6) is 0.278. The largest absolute Gasteiger partial charge is 0.340 e. The Morgan fingerprint density at radius 3 is 2.71 bits per heavy atom. The number of H-pyrrole nitrogens is 1. The standard InChI is InChI=1S/C20H19ClN4O4S2/c1-30(26,27)20-14-4-2-3-5-17(14)25(24-20)18(12-8-9-31(28,29)11-12)19-22-15-7-6-13(21)10-16(15)23-19/h2-7,10,12,18H,8-9,11H2,1H3,(H,22,23). The second-order valence-corrected chi connectivity index (χ2v) is 12.5. The fourth-order valence-corrected chi connectivity index (χ4v) is 7.10. The molecule has 0 saturated carbocycles. The summed E-state index contributed by atoms with van der Waals surface area (Å²) >= 11 is 6.10. The topological polar surface area (TPSA) is 115 Å². The summed E-state index contributed by atoms with van der Waals surface area (Å²) in [6.07, 6.45) is 1.55. The van der Waals surface area contributed by atoms with Crippen molar-refractivity contribution in [3.05, 3.63) is 53.3 Å². The Labute approximate surface area is 184 Å². The molecular formula is C20H19ClN4O4S2. The second-order valence-electron chi connectivity index (χ2n) is 7.93. The van der Waals surface area contributed by atoms with E-state index in [2.05, 4.69) is 15.1 Å². The fourth-order valence-electron chi connectivity index (χ4n) is 4.30. The SMILES string of the molecule is CS(=O)(=O)c1nn(C(c2nc3cc(Cl)ccc3[nH]2)C2CCS(=O)(=O)C2)c2ccccc12. The number of imidazole rings is 1. The Kier molecular flexibility index (Phi) is 4.65. The van der Waals surface area contributed by atoms with Crippen molar-refractivity contribution in [1.29, 1.82) is 0 Å². The predicted octanol–water partition coefficient (Wildman–Crippen LogP) is 2.99. The van der Waals surface area contributed by atoms with Gasteiger partial charge in [0.25, 0.3) is 0 Å². The van der Waals surface area contributed by atoms with Gasteiger partial charge in [0, 0.05) is 22.6 Å². The molecule has 0 bridgehead atoms. The van der Waals surface area contributed by atoms with Crippen LogP contribution in [-0.4, -0.2) is 54.3 Å². The van der Waals surface area contributed by atoms with Gasteiger partial charge in [0.2, 0.25) is 0 Å². The van der Waals surface area contributed by atoms with Crippen molar-refractivity contribution in [2.75, 3.05) is 17.8 Å². The molecule has 11 heteroatoms.